The van der Waals surface area contributed by atoms with Crippen molar-refractivity contribution < 1.29 is 15.3 Å². The highest BCUT2D eigenvalue weighted by Crippen LogP contribution is 2.77. The zero-order valence-electron chi connectivity index (χ0n) is 22.2. The summed E-state index contributed by atoms with van der Waals surface area (Å²) in [6.45, 7) is 18.9. The first-order valence-electron chi connectivity index (χ1n) is 13.9. The van der Waals surface area contributed by atoms with Gasteiger partial charge in [0, 0.05) is 5.41 Å². The van der Waals surface area contributed by atoms with Gasteiger partial charge in [-0.15, -0.1) is 0 Å². The fourth-order valence-electron chi connectivity index (χ4n) is 11.6. The van der Waals surface area contributed by atoms with Gasteiger partial charge in [-0.3, -0.25) is 0 Å². The van der Waals surface area contributed by atoms with Crippen LogP contribution < -0.4 is 0 Å². The third kappa shape index (κ3) is 2.80. The number of allylic oxidation sites excluding steroid dienone is 1. The first-order valence-corrected chi connectivity index (χ1v) is 13.9. The molecular formula is C30H50O3. The van der Waals surface area contributed by atoms with Crippen LogP contribution in [-0.4, -0.2) is 34.1 Å². The first-order chi connectivity index (χ1) is 15.3. The topological polar surface area (TPSA) is 60.7 Å². The zero-order valence-corrected chi connectivity index (χ0v) is 22.2. The predicted molar refractivity (Wildman–Crippen MR) is 133 cm³/mol. The largest absolute Gasteiger partial charge is 0.396 e. The van der Waals surface area contributed by atoms with Crippen LogP contribution in [0.5, 0.6) is 0 Å². The van der Waals surface area contributed by atoms with Gasteiger partial charge in [0.05, 0.1) is 18.8 Å². The highest BCUT2D eigenvalue weighted by atomic mass is 16.3. The lowest BCUT2D eigenvalue weighted by Crippen LogP contribution is -2.68. The molecule has 5 aliphatic rings. The molecule has 0 radical (unpaired) electrons. The summed E-state index contributed by atoms with van der Waals surface area (Å²) in [5.41, 5.74) is 1.40. The predicted octanol–water partition coefficient (Wildman–Crippen LogP) is 5.97. The summed E-state index contributed by atoms with van der Waals surface area (Å²) in [5.74, 6) is 2.51. The summed E-state index contributed by atoms with van der Waals surface area (Å²) in [6, 6.07) is 0. The quantitative estimate of drug-likeness (QED) is 0.447. The number of rotatable bonds is 2. The van der Waals surface area contributed by atoms with Gasteiger partial charge in [0.15, 0.2) is 0 Å². The minimum Gasteiger partial charge on any atom is -0.396 e. The molecule has 0 saturated heterocycles. The Hall–Kier alpha value is -0.380. The minimum atomic E-state index is -0.427. The van der Waals surface area contributed by atoms with E-state index < -0.39 is 6.10 Å². The van der Waals surface area contributed by atoms with Crippen molar-refractivity contribution in [2.75, 3.05) is 6.61 Å². The van der Waals surface area contributed by atoms with Crippen LogP contribution in [0.25, 0.3) is 0 Å². The van der Waals surface area contributed by atoms with E-state index in [9.17, 15) is 15.3 Å². The molecule has 5 rings (SSSR count). The van der Waals surface area contributed by atoms with Crippen LogP contribution in [-0.2, 0) is 0 Å². The molecule has 3 heteroatoms. The molecule has 3 nitrogen and oxygen atoms in total. The minimum absolute atomic E-state index is 0.0271. The molecule has 188 valence electrons. The Balaban J connectivity index is 1.58. The second-order valence-corrected chi connectivity index (χ2v) is 14.7. The summed E-state index contributed by atoms with van der Waals surface area (Å²) in [6.07, 6.45) is 9.12. The molecule has 0 aromatic carbocycles. The fourth-order valence-corrected chi connectivity index (χ4v) is 11.6. The molecule has 0 aromatic heterocycles. The fraction of sp³-hybridized carbons (Fsp3) is 0.933. The number of hydrogen-bond donors (Lipinski definition) is 3. The van der Waals surface area contributed by atoms with Crippen LogP contribution in [0, 0.1) is 56.7 Å². The number of fused-ring (bicyclic) bond motifs is 7. The average molecular weight is 459 g/mol. The molecule has 0 aliphatic heterocycles. The van der Waals surface area contributed by atoms with Crippen molar-refractivity contribution in [3.05, 3.63) is 12.2 Å². The maximum absolute atomic E-state index is 11.7. The molecule has 4 unspecified atom stereocenters. The summed E-state index contributed by atoms with van der Waals surface area (Å²) in [5, 5.41) is 33.3. The van der Waals surface area contributed by atoms with E-state index in [-0.39, 0.29) is 39.8 Å². The molecule has 11 atom stereocenters. The van der Waals surface area contributed by atoms with Crippen molar-refractivity contribution in [3.63, 3.8) is 0 Å². The lowest BCUT2D eigenvalue weighted by Gasteiger charge is -2.73. The van der Waals surface area contributed by atoms with E-state index in [4.69, 9.17) is 0 Å². The molecule has 33 heavy (non-hydrogen) atoms. The highest BCUT2D eigenvalue weighted by molar-refractivity contribution is 5.23. The van der Waals surface area contributed by atoms with Crippen molar-refractivity contribution in [1.29, 1.82) is 0 Å². The van der Waals surface area contributed by atoms with E-state index >= 15 is 0 Å². The Labute approximate surface area is 202 Å². The monoisotopic (exact) mass is 458 g/mol. The molecule has 5 saturated carbocycles. The van der Waals surface area contributed by atoms with E-state index in [1.807, 2.05) is 0 Å². The maximum atomic E-state index is 11.7. The van der Waals surface area contributed by atoms with Gasteiger partial charge >= 0.3 is 0 Å². The van der Waals surface area contributed by atoms with Gasteiger partial charge in [0.2, 0.25) is 0 Å². The van der Waals surface area contributed by atoms with Crippen LogP contribution in [0.4, 0.5) is 0 Å². The average Bonchev–Trinajstić information content (AvgIpc) is 3.13. The second kappa shape index (κ2) is 7.32. The Morgan fingerprint density at radius 3 is 2.15 bits per heavy atom. The van der Waals surface area contributed by atoms with E-state index in [1.165, 1.54) is 31.3 Å². The van der Waals surface area contributed by atoms with Gasteiger partial charge in [-0.1, -0.05) is 46.8 Å². The summed E-state index contributed by atoms with van der Waals surface area (Å²) >= 11 is 0. The highest BCUT2D eigenvalue weighted by Gasteiger charge is 2.72. The van der Waals surface area contributed by atoms with Gasteiger partial charge in [-0.05, 0) is 116 Å². The van der Waals surface area contributed by atoms with Crippen LogP contribution in [0.1, 0.15) is 99.3 Å². The normalized spacial score (nSPS) is 57.4. The van der Waals surface area contributed by atoms with Gasteiger partial charge < -0.3 is 15.3 Å². The van der Waals surface area contributed by atoms with Crippen LogP contribution in [0.3, 0.4) is 0 Å². The van der Waals surface area contributed by atoms with E-state index in [1.54, 1.807) is 0 Å². The molecule has 5 aliphatic carbocycles. The number of aliphatic hydroxyl groups is 3. The molecule has 0 amide bonds. The van der Waals surface area contributed by atoms with Gasteiger partial charge in [-0.25, -0.2) is 0 Å². The second-order valence-electron chi connectivity index (χ2n) is 14.7. The maximum Gasteiger partial charge on any atom is 0.0626 e. The van der Waals surface area contributed by atoms with E-state index in [0.29, 0.717) is 29.6 Å². The van der Waals surface area contributed by atoms with Gasteiger partial charge in [-0.2, -0.15) is 0 Å². The van der Waals surface area contributed by atoms with Crippen LogP contribution >= 0.6 is 0 Å². The molecule has 0 bridgehead atoms. The summed E-state index contributed by atoms with van der Waals surface area (Å²) < 4.78 is 0. The Morgan fingerprint density at radius 1 is 0.818 bits per heavy atom. The third-order valence-corrected chi connectivity index (χ3v) is 13.6. The van der Waals surface area contributed by atoms with Crippen LogP contribution in [0.15, 0.2) is 12.2 Å². The SMILES string of the molecule is C=C(C)[C@@H]1CC[C@@]2(CO)C1C1CCC3[C@@]4(C)CC[C@@H](O)C(C)(C)C4CC[C@@]3(C)[C@]1(C)C[C@@H]2O. The lowest BCUT2D eigenvalue weighted by atomic mass is 9.32. The van der Waals surface area contributed by atoms with Crippen molar-refractivity contribution in [2.45, 2.75) is 112 Å². The smallest absolute Gasteiger partial charge is 0.0626 e. The zero-order chi connectivity index (χ0) is 24.2. The van der Waals surface area contributed by atoms with Crippen molar-refractivity contribution >= 4 is 0 Å². The Morgan fingerprint density at radius 2 is 1.52 bits per heavy atom. The van der Waals surface area contributed by atoms with Gasteiger partial charge in [0.25, 0.3) is 0 Å². The van der Waals surface area contributed by atoms with E-state index in [2.05, 4.69) is 48.1 Å². The van der Waals surface area contributed by atoms with E-state index in [0.717, 1.165) is 32.1 Å². The molecule has 0 spiro atoms. The molecule has 5 fully saturated rings. The Kier molecular flexibility index (Phi) is 5.40. The Bertz CT molecular complexity index is 819. The van der Waals surface area contributed by atoms with Gasteiger partial charge in [0.1, 0.15) is 0 Å². The standard InChI is InChI=1S/C30H50O3/c1-18(2)19-10-15-30(17-31)24(33)16-29(7)20(25(19)30)8-9-22-27(5)13-12-23(32)26(3,4)21(27)11-14-28(22,29)6/h19-25,31-33H,1,8-17H2,2-7H3/t19-,20?,21?,22?,23+,24-,25?,27-,28+,29+,30-/m0/s1. The molecule has 0 aromatic rings. The van der Waals surface area contributed by atoms with Crippen molar-refractivity contribution in [2.24, 2.45) is 56.7 Å². The molecule has 0 heterocycles. The third-order valence-electron chi connectivity index (χ3n) is 13.6. The van der Waals surface area contributed by atoms with Crippen molar-refractivity contribution in [3.8, 4) is 0 Å². The molecular weight excluding hydrogens is 408 g/mol. The van der Waals surface area contributed by atoms with Crippen LogP contribution in [0.2, 0.25) is 0 Å². The summed E-state index contributed by atoms with van der Waals surface area (Å²) in [7, 11) is 0. The lowest BCUT2D eigenvalue weighted by molar-refractivity contribution is -0.266. The number of hydrogen-bond acceptors (Lipinski definition) is 3. The molecule has 3 N–H and O–H groups in total. The number of aliphatic hydroxyl groups excluding tert-OH is 3. The first kappa shape index (κ1) is 24.3. The van der Waals surface area contributed by atoms with Crippen molar-refractivity contribution in [1.82, 2.24) is 0 Å². The summed E-state index contributed by atoms with van der Waals surface area (Å²) in [4.78, 5) is 0.